The van der Waals surface area contributed by atoms with E-state index in [-0.39, 0.29) is 22.8 Å². The van der Waals surface area contributed by atoms with E-state index in [1.54, 1.807) is 0 Å². The Morgan fingerprint density at radius 2 is 1.71 bits per heavy atom. The van der Waals surface area contributed by atoms with Crippen molar-refractivity contribution in [2.75, 3.05) is 13.1 Å². The molecule has 0 aromatic heterocycles. The fraction of sp³-hybridized carbons (Fsp3) is 0.588. The monoisotopic (exact) mass is 356 g/mol. The fourth-order valence-electron chi connectivity index (χ4n) is 2.62. The van der Waals surface area contributed by atoms with E-state index >= 15 is 0 Å². The van der Waals surface area contributed by atoms with Gasteiger partial charge in [-0.25, -0.2) is 12.8 Å². The summed E-state index contributed by atoms with van der Waals surface area (Å²) in [4.78, 5) is 12.3. The highest BCUT2D eigenvalue weighted by molar-refractivity contribution is 7.89. The first kappa shape index (κ1) is 18.9. The number of carbonyl (C=O) groups excluding carboxylic acids is 1. The van der Waals surface area contributed by atoms with Gasteiger partial charge in [0.25, 0.3) is 0 Å². The number of carbonyl (C=O) groups is 1. The lowest BCUT2D eigenvalue weighted by Gasteiger charge is -2.31. The van der Waals surface area contributed by atoms with Crippen LogP contribution >= 0.6 is 0 Å². The van der Waals surface area contributed by atoms with E-state index in [0.717, 1.165) is 12.1 Å². The molecule has 1 saturated heterocycles. The predicted octanol–water partition coefficient (Wildman–Crippen LogP) is 2.39. The molecule has 1 aliphatic heterocycles. The molecule has 1 aromatic rings. The average molecular weight is 356 g/mol. The number of amides is 1. The Bertz CT molecular complexity index is 666. The quantitative estimate of drug-likeness (QED) is 0.881. The number of sulfonamides is 1. The van der Waals surface area contributed by atoms with Crippen molar-refractivity contribution in [3.8, 4) is 0 Å². The van der Waals surface area contributed by atoms with Crippen LogP contribution in [-0.4, -0.2) is 37.8 Å². The molecule has 0 spiro atoms. The van der Waals surface area contributed by atoms with Gasteiger partial charge in [-0.2, -0.15) is 4.31 Å². The highest BCUT2D eigenvalue weighted by Gasteiger charge is 2.32. The van der Waals surface area contributed by atoms with Crippen LogP contribution in [0.4, 0.5) is 4.39 Å². The molecule has 0 saturated carbocycles. The second kappa shape index (κ2) is 7.61. The van der Waals surface area contributed by atoms with Gasteiger partial charge in [0.2, 0.25) is 15.9 Å². The van der Waals surface area contributed by atoms with Crippen LogP contribution in [0.3, 0.4) is 0 Å². The van der Waals surface area contributed by atoms with Gasteiger partial charge in [0.1, 0.15) is 5.82 Å². The van der Waals surface area contributed by atoms with Crippen LogP contribution in [0, 0.1) is 17.7 Å². The van der Waals surface area contributed by atoms with Crippen molar-refractivity contribution in [3.63, 3.8) is 0 Å². The van der Waals surface area contributed by atoms with E-state index in [0.29, 0.717) is 31.8 Å². The molecule has 0 bridgehead atoms. The summed E-state index contributed by atoms with van der Waals surface area (Å²) >= 11 is 0. The Labute approximate surface area is 143 Å². The van der Waals surface area contributed by atoms with Gasteiger partial charge >= 0.3 is 0 Å². The van der Waals surface area contributed by atoms with Gasteiger partial charge < -0.3 is 5.32 Å². The maximum atomic E-state index is 13.0. The third kappa shape index (κ3) is 4.33. The van der Waals surface area contributed by atoms with Crippen LogP contribution in [-0.2, 0) is 14.8 Å². The molecule has 5 nitrogen and oxygen atoms in total. The Morgan fingerprint density at radius 3 is 2.21 bits per heavy atom. The number of nitrogens with zero attached hydrogens (tertiary/aromatic N) is 1. The normalized spacial score (nSPS) is 18.5. The molecule has 24 heavy (non-hydrogen) atoms. The van der Waals surface area contributed by atoms with Crippen LogP contribution in [0.25, 0.3) is 0 Å². The summed E-state index contributed by atoms with van der Waals surface area (Å²) in [5.41, 5.74) is 0. The molecule has 2 rings (SSSR count). The van der Waals surface area contributed by atoms with Gasteiger partial charge in [0, 0.05) is 25.0 Å². The van der Waals surface area contributed by atoms with Gasteiger partial charge in [-0.1, -0.05) is 13.8 Å². The standard InChI is InChI=1S/C17H25FN2O3S/c1-12(2)13(3)19-17(21)14-8-10-20(11-9-14)24(22,23)16-6-4-15(18)5-7-16/h4-7,12-14H,8-11H2,1-3H3,(H,19,21). The third-order valence-electron chi connectivity index (χ3n) is 4.65. The highest BCUT2D eigenvalue weighted by Crippen LogP contribution is 2.24. The molecular formula is C17H25FN2O3S. The molecular weight excluding hydrogens is 331 g/mol. The highest BCUT2D eigenvalue weighted by atomic mass is 32.2. The lowest BCUT2D eigenvalue weighted by Crippen LogP contribution is -2.45. The Hall–Kier alpha value is -1.47. The lowest BCUT2D eigenvalue weighted by atomic mass is 9.96. The summed E-state index contributed by atoms with van der Waals surface area (Å²) in [5.74, 6) is -0.280. The van der Waals surface area contributed by atoms with Crippen molar-refractivity contribution < 1.29 is 17.6 Å². The molecule has 134 valence electrons. The predicted molar refractivity (Wildman–Crippen MR) is 90.3 cm³/mol. The average Bonchev–Trinajstić information content (AvgIpc) is 2.55. The largest absolute Gasteiger partial charge is 0.353 e. The maximum absolute atomic E-state index is 13.0. The Kier molecular flexibility index (Phi) is 5.98. The molecule has 7 heteroatoms. The summed E-state index contributed by atoms with van der Waals surface area (Å²) < 4.78 is 39.4. The first-order valence-corrected chi connectivity index (χ1v) is 9.72. The van der Waals surface area contributed by atoms with Crippen LogP contribution in [0.1, 0.15) is 33.6 Å². The molecule has 1 aromatic carbocycles. The number of hydrogen-bond donors (Lipinski definition) is 1. The molecule has 1 fully saturated rings. The fourth-order valence-corrected chi connectivity index (χ4v) is 4.09. The second-order valence-corrected chi connectivity index (χ2v) is 8.61. The van der Waals surface area contributed by atoms with E-state index in [1.807, 2.05) is 20.8 Å². The van der Waals surface area contributed by atoms with E-state index in [4.69, 9.17) is 0 Å². The summed E-state index contributed by atoms with van der Waals surface area (Å²) in [5, 5.41) is 2.99. The van der Waals surface area contributed by atoms with E-state index in [9.17, 15) is 17.6 Å². The zero-order valence-corrected chi connectivity index (χ0v) is 15.1. The minimum atomic E-state index is -3.63. The number of nitrogens with one attached hydrogen (secondary N) is 1. The SMILES string of the molecule is CC(C)C(C)NC(=O)C1CCN(S(=O)(=O)c2ccc(F)cc2)CC1. The smallest absolute Gasteiger partial charge is 0.243 e. The summed E-state index contributed by atoms with van der Waals surface area (Å²) in [6.45, 7) is 6.66. The molecule has 1 heterocycles. The molecule has 1 aliphatic rings. The topological polar surface area (TPSA) is 66.5 Å². The molecule has 0 radical (unpaired) electrons. The number of rotatable bonds is 5. The lowest BCUT2D eigenvalue weighted by molar-refractivity contribution is -0.127. The van der Waals surface area contributed by atoms with E-state index in [2.05, 4.69) is 5.32 Å². The minimum Gasteiger partial charge on any atom is -0.353 e. The van der Waals surface area contributed by atoms with Crippen molar-refractivity contribution in [3.05, 3.63) is 30.1 Å². The molecule has 1 N–H and O–H groups in total. The molecule has 0 aliphatic carbocycles. The van der Waals surface area contributed by atoms with Gasteiger partial charge in [-0.3, -0.25) is 4.79 Å². The van der Waals surface area contributed by atoms with Crippen LogP contribution in [0.15, 0.2) is 29.2 Å². The second-order valence-electron chi connectivity index (χ2n) is 6.67. The number of benzene rings is 1. The van der Waals surface area contributed by atoms with Gasteiger partial charge in [0.05, 0.1) is 4.90 Å². The number of hydrogen-bond acceptors (Lipinski definition) is 3. The van der Waals surface area contributed by atoms with Crippen molar-refractivity contribution in [1.82, 2.24) is 9.62 Å². The van der Waals surface area contributed by atoms with Gasteiger partial charge in [-0.15, -0.1) is 0 Å². The third-order valence-corrected chi connectivity index (χ3v) is 6.56. The first-order chi connectivity index (χ1) is 11.2. The van der Waals surface area contributed by atoms with Crippen molar-refractivity contribution in [1.29, 1.82) is 0 Å². The Morgan fingerprint density at radius 1 is 1.17 bits per heavy atom. The minimum absolute atomic E-state index is 0.00460. The Balaban J connectivity index is 1.97. The van der Waals surface area contributed by atoms with Crippen LogP contribution in [0.2, 0.25) is 0 Å². The number of piperidine rings is 1. The zero-order chi connectivity index (χ0) is 17.9. The number of halogens is 1. The summed E-state index contributed by atoms with van der Waals surface area (Å²) in [7, 11) is -3.63. The molecule has 1 unspecified atom stereocenters. The summed E-state index contributed by atoms with van der Waals surface area (Å²) in [6.07, 6.45) is 0.994. The zero-order valence-electron chi connectivity index (χ0n) is 14.3. The van der Waals surface area contributed by atoms with Crippen molar-refractivity contribution >= 4 is 15.9 Å². The first-order valence-electron chi connectivity index (χ1n) is 8.28. The van der Waals surface area contributed by atoms with Crippen LogP contribution in [0.5, 0.6) is 0 Å². The summed E-state index contributed by atoms with van der Waals surface area (Å²) in [6, 6.07) is 4.92. The van der Waals surface area contributed by atoms with E-state index < -0.39 is 15.8 Å². The van der Waals surface area contributed by atoms with E-state index in [1.165, 1.54) is 16.4 Å². The van der Waals surface area contributed by atoms with Crippen LogP contribution < -0.4 is 5.32 Å². The van der Waals surface area contributed by atoms with Gasteiger partial charge in [0.15, 0.2) is 0 Å². The maximum Gasteiger partial charge on any atom is 0.243 e. The molecule has 1 amide bonds. The van der Waals surface area contributed by atoms with Crippen molar-refractivity contribution in [2.45, 2.75) is 44.6 Å². The van der Waals surface area contributed by atoms with Gasteiger partial charge in [-0.05, 0) is 49.9 Å². The molecule has 1 atom stereocenters. The van der Waals surface area contributed by atoms with Crippen molar-refractivity contribution in [2.24, 2.45) is 11.8 Å².